The van der Waals surface area contributed by atoms with Crippen LogP contribution in [-0.4, -0.2) is 23.3 Å². The molecule has 2 rings (SSSR count). The van der Waals surface area contributed by atoms with E-state index < -0.39 is 5.60 Å². The van der Waals surface area contributed by atoms with Gasteiger partial charge in [-0.2, -0.15) is 0 Å². The smallest absolute Gasteiger partial charge is 0.123 e. The van der Waals surface area contributed by atoms with Crippen LogP contribution < -0.4 is 5.32 Å². The minimum absolute atomic E-state index is 0.111. The van der Waals surface area contributed by atoms with E-state index in [4.69, 9.17) is 0 Å². The van der Waals surface area contributed by atoms with Gasteiger partial charge in [0, 0.05) is 12.5 Å². The molecule has 1 fully saturated rings. The summed E-state index contributed by atoms with van der Waals surface area (Å²) in [5.41, 5.74) is 0.0381. The minimum Gasteiger partial charge on any atom is -0.388 e. The quantitative estimate of drug-likeness (QED) is 0.845. The van der Waals surface area contributed by atoms with Gasteiger partial charge in [0.2, 0.25) is 0 Å². The number of rotatable bonds is 3. The summed E-state index contributed by atoms with van der Waals surface area (Å²) in [6.45, 7) is 2.80. The number of hydrogen-bond acceptors (Lipinski definition) is 2. The molecule has 1 saturated heterocycles. The summed E-state index contributed by atoms with van der Waals surface area (Å²) < 4.78 is 13.1. The normalized spacial score (nSPS) is 24.3. The van der Waals surface area contributed by atoms with E-state index in [2.05, 4.69) is 5.32 Å². The van der Waals surface area contributed by atoms with Gasteiger partial charge >= 0.3 is 0 Å². The predicted octanol–water partition coefficient (Wildman–Crippen LogP) is 2.26. The number of piperidine rings is 1. The third kappa shape index (κ3) is 3.27. The standard InChI is InChI=1S/C14H20FNO/c1-14(17,13-7-2-3-8-16-13)10-11-5-4-6-12(15)9-11/h4-6,9,13,16-17H,2-3,7-8,10H2,1H3. The van der Waals surface area contributed by atoms with Crippen molar-refractivity contribution in [1.82, 2.24) is 5.32 Å². The number of halogens is 1. The molecule has 0 spiro atoms. The number of hydrogen-bond donors (Lipinski definition) is 2. The van der Waals surface area contributed by atoms with Crippen LogP contribution in [0.4, 0.5) is 4.39 Å². The van der Waals surface area contributed by atoms with Crippen molar-refractivity contribution in [1.29, 1.82) is 0 Å². The lowest BCUT2D eigenvalue weighted by molar-refractivity contribution is 0.0103. The zero-order valence-electron chi connectivity index (χ0n) is 10.2. The molecule has 2 unspecified atom stereocenters. The second-order valence-corrected chi connectivity index (χ2v) is 5.17. The Labute approximate surface area is 102 Å². The van der Waals surface area contributed by atoms with Crippen molar-refractivity contribution < 1.29 is 9.50 Å². The van der Waals surface area contributed by atoms with Crippen molar-refractivity contribution >= 4 is 0 Å². The molecule has 0 aromatic heterocycles. The van der Waals surface area contributed by atoms with Crippen LogP contribution in [0.25, 0.3) is 0 Å². The zero-order chi connectivity index (χ0) is 12.3. The molecule has 2 nitrogen and oxygen atoms in total. The summed E-state index contributed by atoms with van der Waals surface area (Å²) in [5.74, 6) is -0.241. The van der Waals surface area contributed by atoms with Gasteiger partial charge in [-0.15, -0.1) is 0 Å². The van der Waals surface area contributed by atoms with Crippen LogP contribution in [0.15, 0.2) is 24.3 Å². The lowest BCUT2D eigenvalue weighted by Gasteiger charge is -2.36. The first-order valence-corrected chi connectivity index (χ1v) is 6.28. The van der Waals surface area contributed by atoms with Gasteiger partial charge in [-0.25, -0.2) is 4.39 Å². The van der Waals surface area contributed by atoms with Crippen LogP contribution in [-0.2, 0) is 6.42 Å². The highest BCUT2D eigenvalue weighted by Crippen LogP contribution is 2.23. The molecule has 0 amide bonds. The first-order chi connectivity index (χ1) is 8.08. The average Bonchev–Trinajstić information content (AvgIpc) is 2.29. The van der Waals surface area contributed by atoms with Crippen LogP contribution >= 0.6 is 0 Å². The van der Waals surface area contributed by atoms with Gasteiger partial charge in [0.1, 0.15) is 5.82 Å². The molecule has 3 heteroatoms. The molecule has 2 atom stereocenters. The van der Waals surface area contributed by atoms with E-state index in [1.807, 2.05) is 13.0 Å². The van der Waals surface area contributed by atoms with Crippen molar-refractivity contribution in [2.75, 3.05) is 6.54 Å². The van der Waals surface area contributed by atoms with Gasteiger partial charge in [-0.05, 0) is 44.0 Å². The fourth-order valence-corrected chi connectivity index (χ4v) is 2.57. The van der Waals surface area contributed by atoms with E-state index in [1.165, 1.54) is 18.6 Å². The number of nitrogens with one attached hydrogen (secondary N) is 1. The highest BCUT2D eigenvalue weighted by molar-refractivity contribution is 5.19. The van der Waals surface area contributed by atoms with Gasteiger partial charge in [0.05, 0.1) is 5.60 Å². The van der Waals surface area contributed by atoms with E-state index >= 15 is 0 Å². The Hall–Kier alpha value is -0.930. The molecule has 0 aliphatic carbocycles. The van der Waals surface area contributed by atoms with Crippen molar-refractivity contribution in [3.63, 3.8) is 0 Å². The van der Waals surface area contributed by atoms with E-state index in [0.717, 1.165) is 24.9 Å². The van der Waals surface area contributed by atoms with E-state index in [-0.39, 0.29) is 11.9 Å². The Kier molecular flexibility index (Phi) is 3.79. The number of aliphatic hydroxyl groups is 1. The van der Waals surface area contributed by atoms with Crippen LogP contribution in [0.5, 0.6) is 0 Å². The maximum absolute atomic E-state index is 13.1. The Morgan fingerprint density at radius 1 is 1.47 bits per heavy atom. The maximum Gasteiger partial charge on any atom is 0.123 e. The molecule has 1 aromatic rings. The van der Waals surface area contributed by atoms with Gasteiger partial charge in [0.25, 0.3) is 0 Å². The predicted molar refractivity (Wildman–Crippen MR) is 66.4 cm³/mol. The molecule has 0 bridgehead atoms. The fraction of sp³-hybridized carbons (Fsp3) is 0.571. The largest absolute Gasteiger partial charge is 0.388 e. The van der Waals surface area contributed by atoms with Crippen LogP contribution in [0.1, 0.15) is 31.7 Å². The van der Waals surface area contributed by atoms with Crippen molar-refractivity contribution in [2.45, 2.75) is 44.2 Å². The summed E-state index contributed by atoms with van der Waals surface area (Å²) in [5, 5.41) is 13.8. The molecule has 2 N–H and O–H groups in total. The summed E-state index contributed by atoms with van der Waals surface area (Å²) in [6, 6.07) is 6.59. The topological polar surface area (TPSA) is 32.3 Å². The van der Waals surface area contributed by atoms with E-state index in [9.17, 15) is 9.50 Å². The van der Waals surface area contributed by atoms with Crippen LogP contribution in [0.2, 0.25) is 0 Å². The fourth-order valence-electron chi connectivity index (χ4n) is 2.57. The molecule has 1 aliphatic rings. The second-order valence-electron chi connectivity index (χ2n) is 5.17. The second kappa shape index (κ2) is 5.15. The van der Waals surface area contributed by atoms with Crippen molar-refractivity contribution in [2.24, 2.45) is 0 Å². The molecule has 94 valence electrons. The lowest BCUT2D eigenvalue weighted by atomic mass is 9.84. The molecule has 17 heavy (non-hydrogen) atoms. The third-order valence-corrected chi connectivity index (χ3v) is 3.51. The molecule has 0 saturated carbocycles. The monoisotopic (exact) mass is 237 g/mol. The third-order valence-electron chi connectivity index (χ3n) is 3.51. The van der Waals surface area contributed by atoms with Crippen LogP contribution in [0.3, 0.4) is 0 Å². The summed E-state index contributed by atoms with van der Waals surface area (Å²) >= 11 is 0. The first-order valence-electron chi connectivity index (χ1n) is 6.28. The van der Waals surface area contributed by atoms with E-state index in [0.29, 0.717) is 6.42 Å². The molecular formula is C14H20FNO. The average molecular weight is 237 g/mol. The summed E-state index contributed by atoms with van der Waals surface area (Å²) in [6.07, 6.45) is 3.80. The molecule has 0 radical (unpaired) electrons. The molecule has 1 aromatic carbocycles. The lowest BCUT2D eigenvalue weighted by Crippen LogP contribution is -2.52. The summed E-state index contributed by atoms with van der Waals surface area (Å²) in [7, 11) is 0. The zero-order valence-corrected chi connectivity index (χ0v) is 10.2. The number of benzene rings is 1. The van der Waals surface area contributed by atoms with Gasteiger partial charge in [0.15, 0.2) is 0 Å². The highest BCUT2D eigenvalue weighted by atomic mass is 19.1. The summed E-state index contributed by atoms with van der Waals surface area (Å²) in [4.78, 5) is 0. The Balaban J connectivity index is 2.05. The minimum atomic E-state index is -0.811. The first kappa shape index (κ1) is 12.5. The van der Waals surface area contributed by atoms with Gasteiger partial charge in [-0.1, -0.05) is 18.6 Å². The van der Waals surface area contributed by atoms with Gasteiger partial charge in [-0.3, -0.25) is 0 Å². The Bertz CT molecular complexity index is 372. The van der Waals surface area contributed by atoms with Crippen LogP contribution in [0, 0.1) is 5.82 Å². The maximum atomic E-state index is 13.1. The Morgan fingerprint density at radius 3 is 2.94 bits per heavy atom. The molecular weight excluding hydrogens is 217 g/mol. The highest BCUT2D eigenvalue weighted by Gasteiger charge is 2.32. The SMILES string of the molecule is CC(O)(Cc1cccc(F)c1)C1CCCCN1. The Morgan fingerprint density at radius 2 is 2.29 bits per heavy atom. The van der Waals surface area contributed by atoms with E-state index in [1.54, 1.807) is 6.07 Å². The van der Waals surface area contributed by atoms with Crippen molar-refractivity contribution in [3.05, 3.63) is 35.6 Å². The molecule has 1 heterocycles. The van der Waals surface area contributed by atoms with Gasteiger partial charge < -0.3 is 10.4 Å². The van der Waals surface area contributed by atoms with Crippen molar-refractivity contribution in [3.8, 4) is 0 Å². The molecule has 1 aliphatic heterocycles.